The fourth-order valence-corrected chi connectivity index (χ4v) is 2.51. The quantitative estimate of drug-likeness (QED) is 0.543. The number of carbonyl (C=O) groups is 1. The van der Waals surface area contributed by atoms with Gasteiger partial charge in [0, 0.05) is 22.1 Å². The largest absolute Gasteiger partial charge is 0.494 e. The Morgan fingerprint density at radius 1 is 1.29 bits per heavy atom. The first-order chi connectivity index (χ1) is 11.6. The summed E-state index contributed by atoms with van der Waals surface area (Å²) in [6, 6.07) is 12.0. The number of ether oxygens (including phenoxy) is 1. The van der Waals surface area contributed by atoms with E-state index in [2.05, 4.69) is 9.98 Å². The van der Waals surface area contributed by atoms with Crippen LogP contribution in [0.15, 0.2) is 47.5 Å². The third kappa shape index (κ3) is 3.26. The van der Waals surface area contributed by atoms with Crippen molar-refractivity contribution in [2.45, 2.75) is 6.92 Å². The van der Waals surface area contributed by atoms with E-state index in [-0.39, 0.29) is 11.8 Å². The number of aromatic hydroxyl groups is 1. The van der Waals surface area contributed by atoms with Crippen molar-refractivity contribution >= 4 is 40.4 Å². The molecule has 2 N–H and O–H groups in total. The molecule has 0 atom stereocenters. The first kappa shape index (κ1) is 16.1. The van der Waals surface area contributed by atoms with Crippen LogP contribution in [0, 0.1) is 0 Å². The summed E-state index contributed by atoms with van der Waals surface area (Å²) in [5.74, 6) is -0.337. The highest BCUT2D eigenvalue weighted by molar-refractivity contribution is 6.31. The Bertz CT molecular complexity index is 914. The van der Waals surface area contributed by atoms with Crippen LogP contribution in [0.5, 0.6) is 5.88 Å². The van der Waals surface area contributed by atoms with E-state index < -0.39 is 0 Å². The van der Waals surface area contributed by atoms with Gasteiger partial charge >= 0.3 is 5.97 Å². The smallest absolute Gasteiger partial charge is 0.338 e. The molecule has 0 radical (unpaired) electrons. The predicted octanol–water partition coefficient (Wildman–Crippen LogP) is 4.45. The molecule has 0 fully saturated rings. The van der Waals surface area contributed by atoms with Crippen molar-refractivity contribution in [1.29, 1.82) is 0 Å². The monoisotopic (exact) mass is 342 g/mol. The van der Waals surface area contributed by atoms with E-state index in [4.69, 9.17) is 16.3 Å². The lowest BCUT2D eigenvalue weighted by Gasteiger charge is -2.01. The van der Waals surface area contributed by atoms with Crippen LogP contribution in [0.3, 0.4) is 0 Å². The topological polar surface area (TPSA) is 74.7 Å². The number of halogens is 1. The first-order valence-corrected chi connectivity index (χ1v) is 7.77. The highest BCUT2D eigenvalue weighted by Gasteiger charge is 2.09. The van der Waals surface area contributed by atoms with Crippen LogP contribution in [0.4, 0.5) is 5.69 Å². The van der Waals surface area contributed by atoms with Gasteiger partial charge in [0.2, 0.25) is 0 Å². The van der Waals surface area contributed by atoms with E-state index in [1.165, 1.54) is 0 Å². The molecule has 0 saturated carbocycles. The van der Waals surface area contributed by atoms with Crippen molar-refractivity contribution in [2.75, 3.05) is 6.61 Å². The molecular weight excluding hydrogens is 328 g/mol. The summed E-state index contributed by atoms with van der Waals surface area (Å²) < 4.78 is 4.93. The molecule has 0 aliphatic rings. The molecule has 0 unspecified atom stereocenters. The van der Waals surface area contributed by atoms with Crippen LogP contribution in [0.1, 0.15) is 22.8 Å². The van der Waals surface area contributed by atoms with Crippen LogP contribution in [0.25, 0.3) is 10.9 Å². The summed E-state index contributed by atoms with van der Waals surface area (Å²) in [6.07, 6.45) is 1.56. The van der Waals surface area contributed by atoms with Gasteiger partial charge < -0.3 is 14.8 Å². The zero-order chi connectivity index (χ0) is 17.1. The molecule has 6 heteroatoms. The summed E-state index contributed by atoms with van der Waals surface area (Å²) in [6.45, 7) is 2.09. The lowest BCUT2D eigenvalue weighted by molar-refractivity contribution is 0.0526. The minimum Gasteiger partial charge on any atom is -0.494 e. The number of benzene rings is 2. The normalized spacial score (nSPS) is 11.2. The van der Waals surface area contributed by atoms with Gasteiger partial charge in [-0.3, -0.25) is 4.99 Å². The van der Waals surface area contributed by atoms with Gasteiger partial charge in [-0.05, 0) is 49.4 Å². The average molecular weight is 343 g/mol. The van der Waals surface area contributed by atoms with Crippen molar-refractivity contribution in [3.63, 3.8) is 0 Å². The number of aliphatic imine (C=N–C) groups is 1. The molecule has 1 heterocycles. The van der Waals surface area contributed by atoms with Gasteiger partial charge in [0.1, 0.15) is 0 Å². The van der Waals surface area contributed by atoms with Crippen molar-refractivity contribution in [2.24, 2.45) is 4.99 Å². The van der Waals surface area contributed by atoms with Gasteiger partial charge in [-0.25, -0.2) is 4.79 Å². The number of aromatic nitrogens is 1. The van der Waals surface area contributed by atoms with Crippen LogP contribution in [-0.4, -0.2) is 28.9 Å². The molecule has 5 nitrogen and oxygen atoms in total. The number of H-pyrrole nitrogens is 1. The summed E-state index contributed by atoms with van der Waals surface area (Å²) in [7, 11) is 0. The van der Waals surface area contributed by atoms with E-state index in [1.807, 2.05) is 0 Å². The van der Waals surface area contributed by atoms with Crippen LogP contribution < -0.4 is 0 Å². The molecule has 24 heavy (non-hydrogen) atoms. The highest BCUT2D eigenvalue weighted by atomic mass is 35.5. The minimum absolute atomic E-state index is 0.0270. The maximum atomic E-state index is 11.6. The Kier molecular flexibility index (Phi) is 4.53. The molecule has 0 aliphatic carbocycles. The Morgan fingerprint density at radius 3 is 2.75 bits per heavy atom. The number of esters is 1. The molecule has 3 aromatic rings. The SMILES string of the molecule is CCOC(=O)c1ccc(N=Cc2c(O)[nH]c3ccc(Cl)cc23)cc1. The van der Waals surface area contributed by atoms with Gasteiger partial charge in [-0.2, -0.15) is 0 Å². The van der Waals surface area contributed by atoms with E-state index in [9.17, 15) is 9.90 Å². The van der Waals surface area contributed by atoms with Gasteiger partial charge in [0.25, 0.3) is 0 Å². The number of hydrogen-bond acceptors (Lipinski definition) is 4. The third-order valence-corrected chi connectivity index (χ3v) is 3.74. The number of aromatic amines is 1. The highest BCUT2D eigenvalue weighted by Crippen LogP contribution is 2.28. The summed E-state index contributed by atoms with van der Waals surface area (Å²) in [5.41, 5.74) is 2.45. The number of nitrogens with one attached hydrogen (secondary N) is 1. The Labute approximate surface area is 143 Å². The number of fused-ring (bicyclic) bond motifs is 1. The van der Waals surface area contributed by atoms with Gasteiger partial charge in [-0.15, -0.1) is 0 Å². The van der Waals surface area contributed by atoms with Crippen LogP contribution in [-0.2, 0) is 4.74 Å². The van der Waals surface area contributed by atoms with Crippen molar-refractivity contribution < 1.29 is 14.6 Å². The molecular formula is C18H15ClN2O3. The second-order valence-electron chi connectivity index (χ2n) is 5.10. The lowest BCUT2D eigenvalue weighted by atomic mass is 10.2. The minimum atomic E-state index is -0.364. The number of nitrogens with zero attached hydrogens (tertiary/aromatic N) is 1. The number of hydrogen-bond donors (Lipinski definition) is 2. The molecule has 122 valence electrons. The summed E-state index contributed by atoms with van der Waals surface area (Å²) >= 11 is 6.01. The van der Waals surface area contributed by atoms with Crippen LogP contribution >= 0.6 is 11.6 Å². The molecule has 1 aromatic heterocycles. The van der Waals surface area contributed by atoms with E-state index in [0.717, 1.165) is 10.9 Å². The Hall–Kier alpha value is -2.79. The zero-order valence-electron chi connectivity index (χ0n) is 12.9. The molecule has 0 aliphatic heterocycles. The fraction of sp³-hybridized carbons (Fsp3) is 0.111. The predicted molar refractivity (Wildman–Crippen MR) is 94.6 cm³/mol. The van der Waals surface area contributed by atoms with Gasteiger partial charge in [0.05, 0.1) is 23.4 Å². The summed E-state index contributed by atoms with van der Waals surface area (Å²) in [5, 5.41) is 11.4. The molecule has 0 saturated heterocycles. The Morgan fingerprint density at radius 2 is 2.04 bits per heavy atom. The van der Waals surface area contributed by atoms with E-state index in [1.54, 1.807) is 55.6 Å². The zero-order valence-corrected chi connectivity index (χ0v) is 13.7. The van der Waals surface area contributed by atoms with Gasteiger partial charge in [0.15, 0.2) is 5.88 Å². The lowest BCUT2D eigenvalue weighted by Crippen LogP contribution is -2.03. The fourth-order valence-electron chi connectivity index (χ4n) is 2.34. The Balaban J connectivity index is 1.87. The number of carbonyl (C=O) groups excluding carboxylic acids is 1. The maximum Gasteiger partial charge on any atom is 0.338 e. The second-order valence-corrected chi connectivity index (χ2v) is 5.54. The maximum absolute atomic E-state index is 11.6. The third-order valence-electron chi connectivity index (χ3n) is 3.50. The molecule has 2 aromatic carbocycles. The standard InChI is InChI=1S/C18H15ClN2O3/c1-2-24-18(23)11-3-6-13(7-4-11)20-10-15-14-9-12(19)5-8-16(14)21-17(15)22/h3-10,21-22H,2H2,1H3. The van der Waals surface area contributed by atoms with Crippen molar-refractivity contribution in [1.82, 2.24) is 4.98 Å². The van der Waals surface area contributed by atoms with Crippen molar-refractivity contribution in [3.05, 3.63) is 58.6 Å². The molecule has 0 bridgehead atoms. The van der Waals surface area contributed by atoms with E-state index >= 15 is 0 Å². The number of rotatable bonds is 4. The summed E-state index contributed by atoms with van der Waals surface area (Å²) in [4.78, 5) is 18.8. The van der Waals surface area contributed by atoms with Gasteiger partial charge in [-0.1, -0.05) is 11.6 Å². The second kappa shape index (κ2) is 6.76. The molecule has 3 rings (SSSR count). The molecule has 0 spiro atoms. The van der Waals surface area contributed by atoms with E-state index in [0.29, 0.717) is 28.4 Å². The van der Waals surface area contributed by atoms with Crippen molar-refractivity contribution in [3.8, 4) is 5.88 Å². The molecule has 0 amide bonds. The first-order valence-electron chi connectivity index (χ1n) is 7.40. The average Bonchev–Trinajstić information content (AvgIpc) is 2.88. The van der Waals surface area contributed by atoms with Crippen LogP contribution in [0.2, 0.25) is 5.02 Å².